The van der Waals surface area contributed by atoms with Crippen LogP contribution >= 0.6 is 0 Å². The molecule has 0 bridgehead atoms. The molecule has 6 nitrogen and oxygen atoms in total. The second kappa shape index (κ2) is 8.64. The van der Waals surface area contributed by atoms with Crippen molar-refractivity contribution in [3.05, 3.63) is 83.2 Å². The number of rotatable bonds is 4. The molecular formula is C23H11F8N5O. The highest BCUT2D eigenvalue weighted by Crippen LogP contribution is 2.40. The van der Waals surface area contributed by atoms with Gasteiger partial charge in [0, 0.05) is 17.8 Å². The largest absolute Gasteiger partial charge is 0.417 e. The summed E-state index contributed by atoms with van der Waals surface area (Å²) in [4.78, 5) is 8.21. The minimum Gasteiger partial charge on any atom is -0.359 e. The minimum atomic E-state index is -5.08. The highest BCUT2D eigenvalue weighted by atomic mass is 19.4. The predicted molar refractivity (Wildman–Crippen MR) is 111 cm³/mol. The second-order valence-electron chi connectivity index (χ2n) is 7.81. The van der Waals surface area contributed by atoms with Crippen LogP contribution < -0.4 is 0 Å². The van der Waals surface area contributed by atoms with Crippen LogP contribution in [0, 0.1) is 11.6 Å². The summed E-state index contributed by atoms with van der Waals surface area (Å²) in [5.74, 6) is -2.18. The molecule has 0 radical (unpaired) electrons. The van der Waals surface area contributed by atoms with E-state index in [1.54, 1.807) is 0 Å². The molecule has 3 aromatic rings. The Bertz CT molecular complexity index is 1570. The van der Waals surface area contributed by atoms with Crippen molar-refractivity contribution in [3.63, 3.8) is 0 Å². The van der Waals surface area contributed by atoms with Crippen LogP contribution in [0.1, 0.15) is 16.9 Å². The summed E-state index contributed by atoms with van der Waals surface area (Å²) in [6.45, 7) is -0.137. The van der Waals surface area contributed by atoms with Gasteiger partial charge in [-0.05, 0) is 30.3 Å². The van der Waals surface area contributed by atoms with Crippen molar-refractivity contribution < 1.29 is 39.6 Å². The number of imidazole rings is 1. The molecule has 1 aromatic heterocycles. The summed E-state index contributed by atoms with van der Waals surface area (Å²) in [5, 5.41) is 7.75. The van der Waals surface area contributed by atoms with Crippen molar-refractivity contribution in [2.45, 2.75) is 18.9 Å². The maximum absolute atomic E-state index is 14.1. The standard InChI is InChI=1S/C23H11F8N5O/c24-16-3-1-2-14(19(16)25)20-32-17-6-7-36(34-21(17)33-20)10-12-9-18(35-37-12)13-5-4-11(22(26,27)28)8-15(13)23(29,30)31/h1-9H,10H2. The fraction of sp³-hybridized carbons (Fsp3) is 0.130. The number of fused-ring (bicyclic) bond motifs is 1. The van der Waals surface area contributed by atoms with E-state index in [9.17, 15) is 35.1 Å². The zero-order chi connectivity index (χ0) is 26.5. The first-order chi connectivity index (χ1) is 17.4. The number of benzene rings is 2. The Morgan fingerprint density at radius 3 is 2.30 bits per heavy atom. The van der Waals surface area contributed by atoms with E-state index in [0.717, 1.165) is 12.1 Å². The molecule has 0 fully saturated rings. The summed E-state index contributed by atoms with van der Waals surface area (Å²) in [6, 6.07) is 7.38. The molecule has 14 heteroatoms. The van der Waals surface area contributed by atoms with Gasteiger partial charge in [-0.3, -0.25) is 4.68 Å². The Balaban J connectivity index is 1.44. The van der Waals surface area contributed by atoms with Gasteiger partial charge in [0.15, 0.2) is 29.0 Å². The average molecular weight is 525 g/mol. The fourth-order valence-electron chi connectivity index (χ4n) is 3.58. The van der Waals surface area contributed by atoms with Crippen molar-refractivity contribution in [3.8, 4) is 34.2 Å². The van der Waals surface area contributed by atoms with E-state index in [2.05, 4.69) is 20.2 Å². The van der Waals surface area contributed by atoms with Gasteiger partial charge in [-0.25, -0.2) is 18.7 Å². The van der Waals surface area contributed by atoms with Crippen LogP contribution in [0.3, 0.4) is 0 Å². The summed E-state index contributed by atoms with van der Waals surface area (Å²) in [7, 11) is 0. The number of hydrogen-bond donors (Lipinski definition) is 0. The first-order valence-electron chi connectivity index (χ1n) is 10.3. The highest BCUT2D eigenvalue weighted by molar-refractivity contribution is 5.66. The first-order valence-corrected chi connectivity index (χ1v) is 10.3. The van der Waals surface area contributed by atoms with Crippen molar-refractivity contribution in [1.82, 2.24) is 24.9 Å². The predicted octanol–water partition coefficient (Wildman–Crippen LogP) is 6.46. The van der Waals surface area contributed by atoms with E-state index in [-0.39, 0.29) is 47.0 Å². The molecule has 0 atom stereocenters. The average Bonchev–Trinajstić information content (AvgIpc) is 3.46. The topological polar surface area (TPSA) is 69.6 Å². The third kappa shape index (κ3) is 4.73. The highest BCUT2D eigenvalue weighted by Gasteiger charge is 2.39. The number of alkyl halides is 6. The molecule has 0 amide bonds. The van der Waals surface area contributed by atoms with Crippen LogP contribution in [0.4, 0.5) is 35.1 Å². The number of nitrogens with zero attached hydrogens (tertiary/aromatic N) is 5. The Labute approximate surface area is 201 Å². The maximum atomic E-state index is 14.1. The summed E-state index contributed by atoms with van der Waals surface area (Å²) in [5.41, 5.74) is -3.77. The Morgan fingerprint density at radius 1 is 0.784 bits per heavy atom. The number of hydrogen-bond acceptors (Lipinski definition) is 5. The minimum absolute atomic E-state index is 0.0149. The lowest BCUT2D eigenvalue weighted by Gasteiger charge is -2.14. The lowest BCUT2D eigenvalue weighted by Crippen LogP contribution is -2.12. The van der Waals surface area contributed by atoms with E-state index >= 15 is 0 Å². The molecule has 0 spiro atoms. The molecule has 0 unspecified atom stereocenters. The van der Waals surface area contributed by atoms with Crippen molar-refractivity contribution in [2.24, 2.45) is 0 Å². The van der Waals surface area contributed by atoms with E-state index in [0.29, 0.717) is 12.1 Å². The van der Waals surface area contributed by atoms with Gasteiger partial charge in [0.1, 0.15) is 17.9 Å². The lowest BCUT2D eigenvalue weighted by atomic mass is 10.0. The van der Waals surface area contributed by atoms with E-state index in [1.165, 1.54) is 29.1 Å². The molecule has 190 valence electrons. The Kier molecular flexibility index (Phi) is 5.68. The Morgan fingerprint density at radius 2 is 1.57 bits per heavy atom. The van der Waals surface area contributed by atoms with Crippen LogP contribution in [-0.4, -0.2) is 24.9 Å². The van der Waals surface area contributed by atoms with Crippen LogP contribution in [0.15, 0.2) is 59.3 Å². The summed E-state index contributed by atoms with van der Waals surface area (Å²) < 4.78 is 113. The number of aromatic nitrogens is 5. The van der Waals surface area contributed by atoms with Crippen molar-refractivity contribution >= 4 is 0 Å². The van der Waals surface area contributed by atoms with Gasteiger partial charge in [0.25, 0.3) is 0 Å². The molecule has 0 saturated heterocycles. The van der Waals surface area contributed by atoms with Crippen LogP contribution in [0.25, 0.3) is 34.2 Å². The van der Waals surface area contributed by atoms with Gasteiger partial charge in [-0.2, -0.15) is 31.4 Å². The summed E-state index contributed by atoms with van der Waals surface area (Å²) in [6.07, 6.45) is -8.60. The number of halogens is 8. The SMILES string of the molecule is Fc1cccc(-c2nc3ccn(Cc4cc(-c5ccc(C(F)(F)F)cc5C(F)(F)F)no4)nc-3n2)c1F. The van der Waals surface area contributed by atoms with Crippen molar-refractivity contribution in [1.29, 1.82) is 0 Å². The van der Waals surface area contributed by atoms with Gasteiger partial charge in [-0.15, -0.1) is 0 Å². The van der Waals surface area contributed by atoms with Gasteiger partial charge in [-0.1, -0.05) is 17.3 Å². The van der Waals surface area contributed by atoms with Gasteiger partial charge in [0.05, 0.1) is 16.7 Å². The smallest absolute Gasteiger partial charge is 0.359 e. The molecular weight excluding hydrogens is 514 g/mol. The Hall–Kier alpha value is -4.36. The monoisotopic (exact) mass is 525 g/mol. The quantitative estimate of drug-likeness (QED) is 0.252. The molecule has 37 heavy (non-hydrogen) atoms. The third-order valence-corrected chi connectivity index (χ3v) is 5.29. The van der Waals surface area contributed by atoms with Crippen LogP contribution in [0.2, 0.25) is 0 Å². The van der Waals surface area contributed by atoms with Gasteiger partial charge >= 0.3 is 12.4 Å². The molecule has 3 heterocycles. The van der Waals surface area contributed by atoms with Crippen LogP contribution in [-0.2, 0) is 18.9 Å². The molecule has 2 aliphatic heterocycles. The molecule has 0 N–H and O–H groups in total. The maximum Gasteiger partial charge on any atom is 0.417 e. The van der Waals surface area contributed by atoms with Gasteiger partial charge in [0.2, 0.25) is 0 Å². The zero-order valence-corrected chi connectivity index (χ0v) is 18.1. The van der Waals surface area contributed by atoms with Crippen LogP contribution in [0.5, 0.6) is 0 Å². The fourth-order valence-corrected chi connectivity index (χ4v) is 3.58. The summed E-state index contributed by atoms with van der Waals surface area (Å²) >= 11 is 0. The molecule has 5 rings (SSSR count). The molecule has 0 aliphatic carbocycles. The molecule has 2 aliphatic rings. The molecule has 0 saturated carbocycles. The second-order valence-corrected chi connectivity index (χ2v) is 7.81. The lowest BCUT2D eigenvalue weighted by molar-refractivity contribution is -0.142. The first kappa shape index (κ1) is 24.3. The van der Waals surface area contributed by atoms with E-state index < -0.39 is 40.7 Å². The molecule has 2 aromatic carbocycles. The van der Waals surface area contributed by atoms with Gasteiger partial charge < -0.3 is 4.52 Å². The normalized spacial score (nSPS) is 12.4. The van der Waals surface area contributed by atoms with E-state index in [1.807, 2.05) is 0 Å². The third-order valence-electron chi connectivity index (χ3n) is 5.29. The van der Waals surface area contributed by atoms with E-state index in [4.69, 9.17) is 4.52 Å². The van der Waals surface area contributed by atoms with Crippen molar-refractivity contribution in [2.75, 3.05) is 0 Å². The zero-order valence-electron chi connectivity index (χ0n) is 18.1.